The molecule has 0 amide bonds. The Morgan fingerprint density at radius 2 is 1.69 bits per heavy atom. The van der Waals surface area contributed by atoms with Crippen molar-refractivity contribution in [2.75, 3.05) is 26.7 Å². The van der Waals surface area contributed by atoms with Crippen LogP contribution in [0, 0.1) is 17.8 Å². The van der Waals surface area contributed by atoms with Crippen molar-refractivity contribution >= 4 is 0 Å². The summed E-state index contributed by atoms with van der Waals surface area (Å²) in [6.07, 6.45) is 8.92. The highest BCUT2D eigenvalue weighted by Crippen LogP contribution is 2.44. The molecule has 3 rings (SSSR count). The summed E-state index contributed by atoms with van der Waals surface area (Å²) in [6.45, 7) is 3.78. The van der Waals surface area contributed by atoms with Crippen molar-refractivity contribution in [1.29, 1.82) is 0 Å². The number of hydrogen-bond acceptors (Lipinski definition) is 2. The topological polar surface area (TPSA) is 15.3 Å². The minimum absolute atomic E-state index is 0.884. The molecule has 0 saturated heterocycles. The lowest BCUT2D eigenvalue weighted by Gasteiger charge is -2.21. The molecule has 3 saturated carbocycles. The van der Waals surface area contributed by atoms with Crippen LogP contribution in [-0.4, -0.2) is 37.6 Å². The van der Waals surface area contributed by atoms with E-state index in [0.717, 1.165) is 23.8 Å². The molecule has 0 aromatic rings. The van der Waals surface area contributed by atoms with Crippen LogP contribution < -0.4 is 5.32 Å². The Hall–Kier alpha value is -0.0800. The van der Waals surface area contributed by atoms with Crippen LogP contribution in [0.25, 0.3) is 0 Å². The second-order valence-corrected chi connectivity index (χ2v) is 6.36. The summed E-state index contributed by atoms with van der Waals surface area (Å²) in [5.74, 6) is 3.12. The molecule has 1 N–H and O–H groups in total. The van der Waals surface area contributed by atoms with Crippen LogP contribution in [0.1, 0.15) is 38.5 Å². The van der Waals surface area contributed by atoms with Gasteiger partial charge in [0.25, 0.3) is 0 Å². The molecule has 0 spiro atoms. The third-order valence-corrected chi connectivity index (χ3v) is 4.40. The normalized spacial score (nSPS) is 25.7. The maximum Gasteiger partial charge on any atom is 0.0124 e. The molecule has 3 aliphatic rings. The zero-order valence-electron chi connectivity index (χ0n) is 10.6. The number of nitrogens with zero attached hydrogens (tertiary/aromatic N) is 1. The first-order valence-electron chi connectivity index (χ1n) is 7.25. The van der Waals surface area contributed by atoms with Gasteiger partial charge in [0.2, 0.25) is 0 Å². The first kappa shape index (κ1) is 11.0. The van der Waals surface area contributed by atoms with Crippen LogP contribution in [-0.2, 0) is 0 Å². The van der Waals surface area contributed by atoms with Crippen molar-refractivity contribution < 1.29 is 0 Å². The molecular weight excluding hydrogens is 196 g/mol. The first-order chi connectivity index (χ1) is 7.83. The molecule has 0 aromatic carbocycles. The third-order valence-electron chi connectivity index (χ3n) is 4.40. The van der Waals surface area contributed by atoms with E-state index in [1.165, 1.54) is 58.2 Å². The van der Waals surface area contributed by atoms with Gasteiger partial charge >= 0.3 is 0 Å². The van der Waals surface area contributed by atoms with Crippen molar-refractivity contribution in [3.05, 3.63) is 0 Å². The average molecular weight is 222 g/mol. The standard InChI is InChI=1S/C14H26N2/c1-16(10-11-2-3-11)9-8-15-14(12-4-5-12)13-6-7-13/h11-15H,2-10H2,1H3. The molecule has 0 atom stereocenters. The molecule has 16 heavy (non-hydrogen) atoms. The van der Waals surface area contributed by atoms with E-state index in [9.17, 15) is 0 Å². The van der Waals surface area contributed by atoms with Crippen LogP contribution in [0.15, 0.2) is 0 Å². The predicted octanol–water partition coefficient (Wildman–Crippen LogP) is 2.11. The molecule has 0 aromatic heterocycles. The van der Waals surface area contributed by atoms with E-state index in [-0.39, 0.29) is 0 Å². The smallest absolute Gasteiger partial charge is 0.0124 e. The van der Waals surface area contributed by atoms with Gasteiger partial charge in [-0.15, -0.1) is 0 Å². The summed E-state index contributed by atoms with van der Waals surface area (Å²) in [5.41, 5.74) is 0. The van der Waals surface area contributed by atoms with Gasteiger partial charge in [-0.05, 0) is 63.3 Å². The molecule has 3 aliphatic carbocycles. The Bertz CT molecular complexity index is 217. The number of likely N-dealkylation sites (N-methyl/N-ethyl adjacent to an activating group) is 1. The fraction of sp³-hybridized carbons (Fsp3) is 1.00. The van der Waals surface area contributed by atoms with Crippen molar-refractivity contribution in [1.82, 2.24) is 10.2 Å². The second kappa shape index (κ2) is 4.66. The van der Waals surface area contributed by atoms with Crippen molar-refractivity contribution in [2.24, 2.45) is 17.8 Å². The zero-order valence-corrected chi connectivity index (χ0v) is 10.6. The number of nitrogens with one attached hydrogen (secondary N) is 1. The van der Waals surface area contributed by atoms with E-state index < -0.39 is 0 Å². The Labute approximate surface area is 99.8 Å². The summed E-state index contributed by atoms with van der Waals surface area (Å²) in [6, 6.07) is 0.884. The average Bonchev–Trinajstić information content (AvgIpc) is 3.13. The Kier molecular flexibility index (Phi) is 3.21. The van der Waals surface area contributed by atoms with Crippen molar-refractivity contribution in [3.8, 4) is 0 Å². The molecule has 2 nitrogen and oxygen atoms in total. The van der Waals surface area contributed by atoms with Gasteiger partial charge in [-0.2, -0.15) is 0 Å². The number of hydrogen-bond donors (Lipinski definition) is 1. The summed E-state index contributed by atoms with van der Waals surface area (Å²) in [5, 5.41) is 3.83. The van der Waals surface area contributed by atoms with E-state index in [1.54, 1.807) is 0 Å². The Balaban J connectivity index is 1.31. The monoisotopic (exact) mass is 222 g/mol. The summed E-state index contributed by atoms with van der Waals surface area (Å²) in [4.78, 5) is 2.52. The lowest BCUT2D eigenvalue weighted by atomic mass is 10.1. The molecular formula is C14H26N2. The first-order valence-corrected chi connectivity index (χ1v) is 7.25. The van der Waals surface area contributed by atoms with Gasteiger partial charge in [0.05, 0.1) is 0 Å². The van der Waals surface area contributed by atoms with E-state index in [1.807, 2.05) is 0 Å². The van der Waals surface area contributed by atoms with Crippen LogP contribution in [0.3, 0.4) is 0 Å². The molecule has 0 unspecified atom stereocenters. The van der Waals surface area contributed by atoms with Gasteiger partial charge in [-0.25, -0.2) is 0 Å². The maximum atomic E-state index is 3.83. The summed E-state index contributed by atoms with van der Waals surface area (Å²) < 4.78 is 0. The lowest BCUT2D eigenvalue weighted by molar-refractivity contribution is 0.301. The van der Waals surface area contributed by atoms with E-state index >= 15 is 0 Å². The van der Waals surface area contributed by atoms with Crippen molar-refractivity contribution in [2.45, 2.75) is 44.6 Å². The minimum Gasteiger partial charge on any atom is -0.312 e. The van der Waals surface area contributed by atoms with Gasteiger partial charge < -0.3 is 10.2 Å². The van der Waals surface area contributed by atoms with Gasteiger partial charge in [0.1, 0.15) is 0 Å². The molecule has 92 valence electrons. The molecule has 0 bridgehead atoms. The summed E-state index contributed by atoms with van der Waals surface area (Å²) in [7, 11) is 2.28. The highest BCUT2D eigenvalue weighted by molar-refractivity contribution is 4.96. The molecule has 2 heteroatoms. The van der Waals surface area contributed by atoms with E-state index in [0.29, 0.717) is 0 Å². The summed E-state index contributed by atoms with van der Waals surface area (Å²) >= 11 is 0. The van der Waals surface area contributed by atoms with Gasteiger partial charge in [0, 0.05) is 25.7 Å². The lowest BCUT2D eigenvalue weighted by Crippen LogP contribution is -2.38. The zero-order chi connectivity index (χ0) is 11.0. The van der Waals surface area contributed by atoms with Gasteiger partial charge in [-0.1, -0.05) is 0 Å². The van der Waals surface area contributed by atoms with Crippen LogP contribution in [0.5, 0.6) is 0 Å². The van der Waals surface area contributed by atoms with Gasteiger partial charge in [-0.3, -0.25) is 0 Å². The highest BCUT2D eigenvalue weighted by atomic mass is 15.1. The molecule has 0 aliphatic heterocycles. The largest absolute Gasteiger partial charge is 0.312 e. The Morgan fingerprint density at radius 3 is 2.19 bits per heavy atom. The molecule has 3 fully saturated rings. The highest BCUT2D eigenvalue weighted by Gasteiger charge is 2.40. The second-order valence-electron chi connectivity index (χ2n) is 6.36. The van der Waals surface area contributed by atoms with Crippen LogP contribution in [0.2, 0.25) is 0 Å². The van der Waals surface area contributed by atoms with E-state index in [2.05, 4.69) is 17.3 Å². The molecule has 0 heterocycles. The molecule has 0 radical (unpaired) electrons. The fourth-order valence-corrected chi connectivity index (χ4v) is 2.88. The maximum absolute atomic E-state index is 3.83. The minimum atomic E-state index is 0.884. The van der Waals surface area contributed by atoms with Crippen molar-refractivity contribution in [3.63, 3.8) is 0 Å². The Morgan fingerprint density at radius 1 is 1.06 bits per heavy atom. The fourth-order valence-electron chi connectivity index (χ4n) is 2.88. The third kappa shape index (κ3) is 3.21. The SMILES string of the molecule is CN(CCNC(C1CC1)C1CC1)CC1CC1. The van der Waals surface area contributed by atoms with Crippen LogP contribution >= 0.6 is 0 Å². The van der Waals surface area contributed by atoms with E-state index in [4.69, 9.17) is 0 Å². The van der Waals surface area contributed by atoms with Crippen LogP contribution in [0.4, 0.5) is 0 Å². The quantitative estimate of drug-likeness (QED) is 0.676. The van der Waals surface area contributed by atoms with Gasteiger partial charge in [0.15, 0.2) is 0 Å². The number of rotatable bonds is 8. The predicted molar refractivity (Wildman–Crippen MR) is 67.5 cm³/mol.